The second kappa shape index (κ2) is 13.8. The monoisotopic (exact) mass is 841 g/mol. The molecule has 0 amide bonds. The van der Waals surface area contributed by atoms with Crippen molar-refractivity contribution < 1.29 is 0 Å². The number of para-hydroxylation sites is 2. The number of fused-ring (bicyclic) bond motifs is 14. The van der Waals surface area contributed by atoms with Crippen molar-refractivity contribution in [1.82, 2.24) is 13.7 Å². The van der Waals surface area contributed by atoms with Crippen LogP contribution in [-0.4, -0.2) is 13.7 Å². The second-order valence-corrected chi connectivity index (χ2v) is 18.6. The van der Waals surface area contributed by atoms with E-state index < -0.39 is 0 Å². The van der Waals surface area contributed by atoms with E-state index in [1.54, 1.807) is 0 Å². The number of hydrogen-bond acceptors (Lipinski definition) is 0. The van der Waals surface area contributed by atoms with Crippen LogP contribution in [0.25, 0.3) is 115 Å². The van der Waals surface area contributed by atoms with Gasteiger partial charge in [0.25, 0.3) is 0 Å². The normalized spacial score (nSPS) is 13.1. The third-order valence-corrected chi connectivity index (χ3v) is 14.6. The maximum atomic E-state index is 2.50. The van der Waals surface area contributed by atoms with E-state index in [1.165, 1.54) is 76.4 Å². The van der Waals surface area contributed by atoms with E-state index in [2.05, 4.69) is 252 Å². The Hall–Kier alpha value is -8.40. The molecule has 14 rings (SSSR count). The summed E-state index contributed by atoms with van der Waals surface area (Å²) in [5.41, 5.74) is 15.5. The van der Waals surface area contributed by atoms with Crippen LogP contribution in [-0.2, 0) is 5.41 Å². The highest BCUT2D eigenvalue weighted by atomic mass is 15.0. The highest BCUT2D eigenvalue weighted by molar-refractivity contribution is 6.14. The third kappa shape index (κ3) is 5.31. The van der Waals surface area contributed by atoms with E-state index in [1.807, 2.05) is 0 Å². The van der Waals surface area contributed by atoms with E-state index in [0.717, 1.165) is 49.9 Å². The van der Waals surface area contributed by atoms with Crippen LogP contribution in [0.5, 0.6) is 0 Å². The number of benzene rings is 11. The lowest BCUT2D eigenvalue weighted by atomic mass is 9.82. The minimum absolute atomic E-state index is 0.123. The van der Waals surface area contributed by atoms with Crippen LogP contribution < -0.4 is 0 Å². The smallest absolute Gasteiger partial charge is 0.0782 e. The van der Waals surface area contributed by atoms with Crippen LogP contribution in [0.4, 0.5) is 0 Å². The summed E-state index contributed by atoms with van der Waals surface area (Å²) in [6.07, 6.45) is 0. The molecule has 1 aliphatic carbocycles. The molecule has 0 saturated heterocycles. The van der Waals surface area contributed by atoms with Gasteiger partial charge in [0.2, 0.25) is 0 Å². The molecule has 310 valence electrons. The Labute approximate surface area is 382 Å². The van der Waals surface area contributed by atoms with Crippen LogP contribution in [0, 0.1) is 0 Å². The first-order chi connectivity index (χ1) is 32.5. The number of nitrogens with zero attached hydrogens (tertiary/aromatic N) is 3. The molecular weight excluding hydrogens is 799 g/mol. The van der Waals surface area contributed by atoms with Gasteiger partial charge in [0, 0.05) is 49.3 Å². The van der Waals surface area contributed by atoms with Gasteiger partial charge in [0.15, 0.2) is 0 Å². The molecule has 0 N–H and O–H groups in total. The van der Waals surface area contributed by atoms with Crippen molar-refractivity contribution in [3.05, 3.63) is 236 Å². The highest BCUT2D eigenvalue weighted by Crippen LogP contribution is 2.49. The molecule has 66 heavy (non-hydrogen) atoms. The van der Waals surface area contributed by atoms with Gasteiger partial charge in [-0.05, 0) is 139 Å². The lowest BCUT2D eigenvalue weighted by molar-refractivity contribution is 0.660. The van der Waals surface area contributed by atoms with Gasteiger partial charge in [-0.2, -0.15) is 0 Å². The predicted molar refractivity (Wildman–Crippen MR) is 280 cm³/mol. The van der Waals surface area contributed by atoms with Gasteiger partial charge in [0.05, 0.1) is 22.4 Å². The lowest BCUT2D eigenvalue weighted by Gasteiger charge is -2.22. The van der Waals surface area contributed by atoms with E-state index in [0.29, 0.717) is 0 Å². The lowest BCUT2D eigenvalue weighted by Crippen LogP contribution is -2.15. The van der Waals surface area contributed by atoms with Gasteiger partial charge < -0.3 is 13.7 Å². The Morgan fingerprint density at radius 2 is 0.833 bits per heavy atom. The number of aromatic nitrogens is 3. The van der Waals surface area contributed by atoms with Crippen molar-refractivity contribution >= 4 is 87.0 Å². The summed E-state index contributed by atoms with van der Waals surface area (Å²) >= 11 is 0. The molecule has 0 radical (unpaired) electrons. The Morgan fingerprint density at radius 3 is 1.62 bits per heavy atom. The molecule has 0 aliphatic heterocycles. The summed E-state index contributed by atoms with van der Waals surface area (Å²) < 4.78 is 7.44. The zero-order valence-corrected chi connectivity index (χ0v) is 36.7. The van der Waals surface area contributed by atoms with Crippen molar-refractivity contribution in [3.8, 4) is 28.2 Å². The molecule has 2 aromatic heterocycles. The molecule has 1 aliphatic rings. The Kier molecular flexibility index (Phi) is 7.74. The molecule has 3 nitrogen and oxygen atoms in total. The molecule has 0 atom stereocenters. The highest BCUT2D eigenvalue weighted by Gasteiger charge is 2.35. The van der Waals surface area contributed by atoms with E-state index >= 15 is 0 Å². The topological polar surface area (TPSA) is 14.8 Å². The van der Waals surface area contributed by atoms with Crippen molar-refractivity contribution in [3.63, 3.8) is 0 Å². The Morgan fingerprint density at radius 1 is 0.303 bits per heavy atom. The van der Waals surface area contributed by atoms with Crippen LogP contribution in [0.15, 0.2) is 224 Å². The quantitative estimate of drug-likeness (QED) is 0.157. The van der Waals surface area contributed by atoms with Crippen molar-refractivity contribution in [2.45, 2.75) is 19.3 Å². The van der Waals surface area contributed by atoms with Gasteiger partial charge in [-0.15, -0.1) is 0 Å². The summed E-state index contributed by atoms with van der Waals surface area (Å²) in [6.45, 7) is 4.73. The van der Waals surface area contributed by atoms with E-state index in [4.69, 9.17) is 0 Å². The first-order valence-electron chi connectivity index (χ1n) is 23.0. The maximum Gasteiger partial charge on any atom is 0.0782 e. The maximum absolute atomic E-state index is 2.50. The Balaban J connectivity index is 1.12. The molecule has 2 heterocycles. The molecule has 0 saturated carbocycles. The zero-order chi connectivity index (χ0) is 43.7. The zero-order valence-electron chi connectivity index (χ0n) is 36.7. The SMILES string of the molecule is CC1(C)c2ccccc2-c2ccc(-n3c4cccc(c4)c4cccc(c4)n(-c4cccc5c6ccccc6n(-c6cccc7ccccc67)c45)c4ccc5ccc6ccc3cc6c5c4)cc21. The molecular formula is C63H43N3. The predicted octanol–water partition coefficient (Wildman–Crippen LogP) is 16.7. The van der Waals surface area contributed by atoms with Gasteiger partial charge in [-0.25, -0.2) is 0 Å². The van der Waals surface area contributed by atoms with Crippen LogP contribution in [0.1, 0.15) is 25.0 Å². The molecule has 0 fully saturated rings. The van der Waals surface area contributed by atoms with E-state index in [9.17, 15) is 0 Å². The number of rotatable bonds is 3. The molecule has 0 unspecified atom stereocenters. The van der Waals surface area contributed by atoms with Gasteiger partial charge in [0.1, 0.15) is 0 Å². The molecule has 8 bridgehead atoms. The molecule has 0 spiro atoms. The van der Waals surface area contributed by atoms with Gasteiger partial charge in [-0.1, -0.05) is 159 Å². The Bertz CT molecular complexity index is 4260. The summed E-state index contributed by atoms with van der Waals surface area (Å²) in [5, 5.41) is 12.0. The summed E-state index contributed by atoms with van der Waals surface area (Å²) in [4.78, 5) is 0. The molecule has 3 heteroatoms. The van der Waals surface area contributed by atoms with Crippen molar-refractivity contribution in [2.75, 3.05) is 0 Å². The molecule has 13 aromatic rings. The van der Waals surface area contributed by atoms with Crippen LogP contribution >= 0.6 is 0 Å². The standard InChI is InChI=1S/C63H43N3/c1-63(2)57-23-7-5-20-51(57)52-34-33-49(39-58(52)63)64-45-17-9-15-43(35-45)44-16-10-18-46(36-44)65(48-32-30-42-28-27-41-29-31-47(64)37-55(41)56(42)38-48)61-26-12-22-54-53-21-6-8-24-60(53)66(62(54)61)59-25-11-14-40-13-3-4-19-50(40)59/h3-39H,1-2H3. The first-order valence-corrected chi connectivity index (χ1v) is 23.0. The van der Waals surface area contributed by atoms with E-state index in [-0.39, 0.29) is 5.41 Å². The van der Waals surface area contributed by atoms with Crippen molar-refractivity contribution in [2.24, 2.45) is 0 Å². The first kappa shape index (κ1) is 37.0. The average molecular weight is 842 g/mol. The number of hydrogen-bond donors (Lipinski definition) is 0. The van der Waals surface area contributed by atoms with Crippen molar-refractivity contribution in [1.29, 1.82) is 0 Å². The van der Waals surface area contributed by atoms with Gasteiger partial charge >= 0.3 is 0 Å². The fourth-order valence-corrected chi connectivity index (χ4v) is 11.5. The minimum Gasteiger partial charge on any atom is -0.310 e. The second-order valence-electron chi connectivity index (χ2n) is 18.6. The summed E-state index contributed by atoms with van der Waals surface area (Å²) in [5.74, 6) is 0. The average Bonchev–Trinajstić information content (AvgIpc) is 3.82. The molecule has 11 aromatic carbocycles. The third-order valence-electron chi connectivity index (χ3n) is 14.6. The largest absolute Gasteiger partial charge is 0.310 e. The fourth-order valence-electron chi connectivity index (χ4n) is 11.5. The van der Waals surface area contributed by atoms with Crippen LogP contribution in [0.2, 0.25) is 0 Å². The van der Waals surface area contributed by atoms with Gasteiger partial charge in [-0.3, -0.25) is 0 Å². The summed E-state index contributed by atoms with van der Waals surface area (Å²) in [6, 6.07) is 83.9. The minimum atomic E-state index is -0.123. The summed E-state index contributed by atoms with van der Waals surface area (Å²) in [7, 11) is 0. The van der Waals surface area contributed by atoms with Crippen LogP contribution in [0.3, 0.4) is 0 Å². The fraction of sp³-hybridized carbons (Fsp3) is 0.0476.